The number of halogens is 1. The first kappa shape index (κ1) is 11.6. The van der Waals surface area contributed by atoms with Crippen LogP contribution in [-0.2, 0) is 0 Å². The predicted molar refractivity (Wildman–Crippen MR) is 62.6 cm³/mol. The van der Waals surface area contributed by atoms with Crippen molar-refractivity contribution in [3.8, 4) is 23.1 Å². The Morgan fingerprint density at radius 1 is 1.28 bits per heavy atom. The van der Waals surface area contributed by atoms with Crippen LogP contribution in [0, 0.1) is 17.1 Å². The molecule has 1 aromatic carbocycles. The van der Waals surface area contributed by atoms with Crippen molar-refractivity contribution >= 4 is 11.8 Å². The fraction of sp³-hybridized carbons (Fsp3) is 0. The molecule has 0 fully saturated rings. The molecule has 0 atom stereocenters. The van der Waals surface area contributed by atoms with Crippen LogP contribution in [0.3, 0.4) is 0 Å². The predicted octanol–water partition coefficient (Wildman–Crippen LogP) is 1.02. The van der Waals surface area contributed by atoms with Crippen molar-refractivity contribution < 1.29 is 9.50 Å². The van der Waals surface area contributed by atoms with E-state index in [0.717, 1.165) is 18.2 Å². The molecule has 1 heterocycles. The zero-order chi connectivity index (χ0) is 13.3. The summed E-state index contributed by atoms with van der Waals surface area (Å²) in [6.07, 6.45) is 0. The maximum absolute atomic E-state index is 13.2. The molecule has 0 bridgehead atoms. The molecule has 1 aromatic heterocycles. The Labute approximate surface area is 101 Å². The molecule has 18 heavy (non-hydrogen) atoms. The molecule has 90 valence electrons. The van der Waals surface area contributed by atoms with Gasteiger partial charge in [0.1, 0.15) is 29.0 Å². The van der Waals surface area contributed by atoms with Crippen molar-refractivity contribution in [3.05, 3.63) is 29.6 Å². The van der Waals surface area contributed by atoms with Gasteiger partial charge in [0.05, 0.1) is 5.69 Å². The van der Waals surface area contributed by atoms with E-state index in [2.05, 4.69) is 9.97 Å². The topological polar surface area (TPSA) is 122 Å². The van der Waals surface area contributed by atoms with Gasteiger partial charge < -0.3 is 16.6 Å². The van der Waals surface area contributed by atoms with Crippen molar-refractivity contribution in [2.45, 2.75) is 0 Å². The van der Waals surface area contributed by atoms with E-state index in [1.54, 1.807) is 6.07 Å². The van der Waals surface area contributed by atoms with Gasteiger partial charge >= 0.3 is 0 Å². The number of aromatic hydroxyl groups is 1. The molecular formula is C11H8FN5O. The number of aromatic nitrogens is 2. The minimum atomic E-state index is -0.581. The lowest BCUT2D eigenvalue weighted by Crippen LogP contribution is -2.05. The Hall–Kier alpha value is -2.88. The minimum Gasteiger partial charge on any atom is -0.507 e. The summed E-state index contributed by atoms with van der Waals surface area (Å²) in [6, 6.07) is 5.07. The summed E-state index contributed by atoms with van der Waals surface area (Å²) >= 11 is 0. The number of hydrogen-bond acceptors (Lipinski definition) is 6. The number of phenolic OH excluding ortho intramolecular Hbond substituents is 1. The van der Waals surface area contributed by atoms with Crippen molar-refractivity contribution in [3.63, 3.8) is 0 Å². The summed E-state index contributed by atoms with van der Waals surface area (Å²) in [7, 11) is 0. The number of nitriles is 1. The van der Waals surface area contributed by atoms with Gasteiger partial charge in [0.2, 0.25) is 5.95 Å². The molecule has 0 saturated carbocycles. The molecule has 0 spiro atoms. The molecule has 0 aliphatic rings. The molecule has 2 aromatic rings. The maximum Gasteiger partial charge on any atom is 0.222 e. The Kier molecular flexibility index (Phi) is 2.69. The third-order valence-corrected chi connectivity index (χ3v) is 2.28. The van der Waals surface area contributed by atoms with Crippen molar-refractivity contribution in [1.82, 2.24) is 9.97 Å². The van der Waals surface area contributed by atoms with E-state index < -0.39 is 5.82 Å². The van der Waals surface area contributed by atoms with E-state index in [-0.39, 0.29) is 34.3 Å². The van der Waals surface area contributed by atoms with Crippen LogP contribution in [-0.4, -0.2) is 15.1 Å². The first-order valence-corrected chi connectivity index (χ1v) is 4.85. The number of nitrogens with two attached hydrogens (primary N) is 2. The highest BCUT2D eigenvalue weighted by atomic mass is 19.1. The second kappa shape index (κ2) is 4.18. The lowest BCUT2D eigenvalue weighted by molar-refractivity contribution is 0.475. The highest BCUT2D eigenvalue weighted by Crippen LogP contribution is 2.32. The summed E-state index contributed by atoms with van der Waals surface area (Å²) < 4.78 is 13.2. The average molecular weight is 245 g/mol. The first-order valence-electron chi connectivity index (χ1n) is 4.85. The van der Waals surface area contributed by atoms with Crippen LogP contribution in [0.2, 0.25) is 0 Å². The van der Waals surface area contributed by atoms with Gasteiger partial charge in [0, 0.05) is 5.56 Å². The second-order valence-corrected chi connectivity index (χ2v) is 3.46. The van der Waals surface area contributed by atoms with Crippen LogP contribution in [0.25, 0.3) is 11.3 Å². The lowest BCUT2D eigenvalue weighted by atomic mass is 10.1. The number of nitrogen functional groups attached to an aromatic ring is 2. The van der Waals surface area contributed by atoms with Gasteiger partial charge in [0.25, 0.3) is 0 Å². The number of hydrogen-bond donors (Lipinski definition) is 3. The van der Waals surface area contributed by atoms with Crippen LogP contribution in [0.4, 0.5) is 16.2 Å². The highest BCUT2D eigenvalue weighted by molar-refractivity contribution is 5.76. The molecule has 0 aliphatic heterocycles. The molecule has 0 unspecified atom stereocenters. The van der Waals surface area contributed by atoms with E-state index in [1.165, 1.54) is 0 Å². The summed E-state index contributed by atoms with van der Waals surface area (Å²) in [5.41, 5.74) is 10.9. The first-order chi connectivity index (χ1) is 8.52. The van der Waals surface area contributed by atoms with Crippen LogP contribution >= 0.6 is 0 Å². The Balaban J connectivity index is 2.78. The maximum atomic E-state index is 13.2. The molecular weight excluding hydrogens is 237 g/mol. The average Bonchev–Trinajstić information content (AvgIpc) is 2.31. The van der Waals surface area contributed by atoms with Gasteiger partial charge in [-0.05, 0) is 18.2 Å². The Bertz CT molecular complexity index is 665. The Morgan fingerprint density at radius 3 is 2.67 bits per heavy atom. The fourth-order valence-corrected chi connectivity index (χ4v) is 1.50. The van der Waals surface area contributed by atoms with Gasteiger partial charge in [-0.15, -0.1) is 0 Å². The van der Waals surface area contributed by atoms with E-state index in [0.29, 0.717) is 0 Å². The van der Waals surface area contributed by atoms with E-state index >= 15 is 0 Å². The SMILES string of the molecule is N#Cc1c(N)nc(N)nc1-c1cc(F)ccc1O. The molecule has 0 radical (unpaired) electrons. The molecule has 7 heteroatoms. The van der Waals surface area contributed by atoms with E-state index in [9.17, 15) is 9.50 Å². The summed E-state index contributed by atoms with van der Waals surface area (Å²) in [5, 5.41) is 18.7. The number of phenols is 1. The summed E-state index contributed by atoms with van der Waals surface area (Å²) in [4.78, 5) is 7.44. The quantitative estimate of drug-likeness (QED) is 0.689. The number of benzene rings is 1. The molecule has 0 saturated heterocycles. The van der Waals surface area contributed by atoms with Crippen LogP contribution in [0.15, 0.2) is 18.2 Å². The van der Waals surface area contributed by atoms with Crippen molar-refractivity contribution in [2.24, 2.45) is 0 Å². The highest BCUT2D eigenvalue weighted by Gasteiger charge is 2.16. The monoisotopic (exact) mass is 245 g/mol. The standard InChI is InChI=1S/C11H8FN5O/c12-5-1-2-8(18)6(3-5)9-7(4-13)10(14)17-11(15)16-9/h1-3,18H,(H4,14,15,16,17). The van der Waals surface area contributed by atoms with Gasteiger partial charge in [-0.25, -0.2) is 9.37 Å². The Morgan fingerprint density at radius 2 is 2.00 bits per heavy atom. The number of nitrogens with zero attached hydrogens (tertiary/aromatic N) is 3. The lowest BCUT2D eigenvalue weighted by Gasteiger charge is -2.08. The fourth-order valence-electron chi connectivity index (χ4n) is 1.50. The largest absolute Gasteiger partial charge is 0.507 e. The minimum absolute atomic E-state index is 0.000463. The van der Waals surface area contributed by atoms with E-state index in [4.69, 9.17) is 16.7 Å². The molecule has 6 nitrogen and oxygen atoms in total. The summed E-state index contributed by atoms with van der Waals surface area (Å²) in [6.45, 7) is 0. The van der Waals surface area contributed by atoms with Crippen molar-refractivity contribution in [1.29, 1.82) is 5.26 Å². The van der Waals surface area contributed by atoms with Crippen LogP contribution < -0.4 is 11.5 Å². The molecule has 2 rings (SSSR count). The van der Waals surface area contributed by atoms with Crippen LogP contribution in [0.1, 0.15) is 5.56 Å². The van der Waals surface area contributed by atoms with E-state index in [1.807, 2.05) is 0 Å². The normalized spacial score (nSPS) is 10.0. The third kappa shape index (κ3) is 1.87. The zero-order valence-corrected chi connectivity index (χ0v) is 9.05. The molecule has 5 N–H and O–H groups in total. The number of anilines is 2. The van der Waals surface area contributed by atoms with Crippen molar-refractivity contribution in [2.75, 3.05) is 11.5 Å². The molecule has 0 aliphatic carbocycles. The van der Waals surface area contributed by atoms with Gasteiger partial charge in [-0.1, -0.05) is 0 Å². The zero-order valence-electron chi connectivity index (χ0n) is 9.05. The second-order valence-electron chi connectivity index (χ2n) is 3.46. The van der Waals surface area contributed by atoms with Crippen LogP contribution in [0.5, 0.6) is 5.75 Å². The van der Waals surface area contributed by atoms with Gasteiger partial charge in [0.15, 0.2) is 0 Å². The smallest absolute Gasteiger partial charge is 0.222 e. The van der Waals surface area contributed by atoms with Gasteiger partial charge in [-0.2, -0.15) is 10.2 Å². The third-order valence-electron chi connectivity index (χ3n) is 2.28. The number of rotatable bonds is 1. The summed E-state index contributed by atoms with van der Waals surface area (Å²) in [5.74, 6) is -1.10. The van der Waals surface area contributed by atoms with Gasteiger partial charge in [-0.3, -0.25) is 0 Å². The molecule has 0 amide bonds.